The highest BCUT2D eigenvalue weighted by Gasteiger charge is 2.17. The summed E-state index contributed by atoms with van der Waals surface area (Å²) in [6.07, 6.45) is 1.23. The highest BCUT2D eigenvalue weighted by molar-refractivity contribution is 6.17. The molecule has 1 heterocycles. The predicted molar refractivity (Wildman–Crippen MR) is 66.5 cm³/mol. The van der Waals surface area contributed by atoms with Crippen molar-refractivity contribution in [2.45, 2.75) is 32.7 Å². The zero-order chi connectivity index (χ0) is 12.3. The molecule has 0 saturated heterocycles. The zero-order valence-corrected chi connectivity index (χ0v) is 10.9. The van der Waals surface area contributed by atoms with Crippen molar-refractivity contribution in [1.29, 1.82) is 0 Å². The van der Waals surface area contributed by atoms with Gasteiger partial charge in [-0.3, -0.25) is 0 Å². The molecular formula is C12H18ClFN2. The van der Waals surface area contributed by atoms with Crippen LogP contribution >= 0.6 is 11.6 Å². The third-order valence-electron chi connectivity index (χ3n) is 2.96. The molecule has 0 amide bonds. The second kappa shape index (κ2) is 5.48. The number of aromatic nitrogens is 1. The molecule has 0 spiro atoms. The van der Waals surface area contributed by atoms with E-state index >= 15 is 0 Å². The summed E-state index contributed by atoms with van der Waals surface area (Å²) in [6, 6.07) is 1.78. The number of hydrogen-bond donors (Lipinski definition) is 0. The molecule has 1 unspecified atom stereocenters. The molecular weight excluding hydrogens is 227 g/mol. The lowest BCUT2D eigenvalue weighted by molar-refractivity contribution is 0.501. The van der Waals surface area contributed by atoms with Crippen molar-refractivity contribution < 1.29 is 4.39 Å². The first kappa shape index (κ1) is 13.2. The minimum Gasteiger partial charge on any atom is -0.356 e. The molecule has 1 aromatic rings. The van der Waals surface area contributed by atoms with Crippen LogP contribution in [-0.2, 0) is 5.88 Å². The van der Waals surface area contributed by atoms with E-state index in [1.54, 1.807) is 0 Å². The second-order valence-corrected chi connectivity index (χ2v) is 4.63. The van der Waals surface area contributed by atoms with E-state index in [1.165, 1.54) is 12.3 Å². The van der Waals surface area contributed by atoms with Crippen molar-refractivity contribution in [1.82, 2.24) is 4.98 Å². The highest BCUT2D eigenvalue weighted by atomic mass is 35.5. The van der Waals surface area contributed by atoms with Crippen LogP contribution in [0.4, 0.5) is 10.2 Å². The predicted octanol–water partition coefficient (Wildman–Crippen LogP) is 3.44. The van der Waals surface area contributed by atoms with E-state index in [9.17, 15) is 4.39 Å². The molecule has 0 bridgehead atoms. The summed E-state index contributed by atoms with van der Waals surface area (Å²) in [6.45, 7) is 6.41. The lowest BCUT2D eigenvalue weighted by Crippen LogP contribution is -2.34. The molecule has 0 radical (unpaired) electrons. The van der Waals surface area contributed by atoms with Crippen LogP contribution < -0.4 is 4.90 Å². The summed E-state index contributed by atoms with van der Waals surface area (Å²) in [5.74, 6) is 1.19. The molecule has 0 N–H and O–H groups in total. The maximum atomic E-state index is 13.0. The second-order valence-electron chi connectivity index (χ2n) is 4.37. The SMILES string of the molecule is CC(C)C(C)N(C)c1ncc(F)cc1CCl. The number of rotatable bonds is 4. The first-order valence-electron chi connectivity index (χ1n) is 5.40. The van der Waals surface area contributed by atoms with E-state index in [0.717, 1.165) is 11.4 Å². The molecule has 1 rings (SSSR count). The Morgan fingerprint density at radius 1 is 1.44 bits per heavy atom. The maximum absolute atomic E-state index is 13.0. The fourth-order valence-corrected chi connectivity index (χ4v) is 1.73. The fraction of sp³-hybridized carbons (Fsp3) is 0.583. The van der Waals surface area contributed by atoms with Crippen LogP contribution in [0.1, 0.15) is 26.3 Å². The van der Waals surface area contributed by atoms with E-state index in [0.29, 0.717) is 12.0 Å². The Morgan fingerprint density at radius 2 is 2.06 bits per heavy atom. The van der Waals surface area contributed by atoms with E-state index < -0.39 is 0 Å². The van der Waals surface area contributed by atoms with Crippen molar-refractivity contribution >= 4 is 17.4 Å². The summed E-state index contributed by atoms with van der Waals surface area (Å²) in [5, 5.41) is 0. The Balaban J connectivity index is 3.03. The van der Waals surface area contributed by atoms with Crippen molar-refractivity contribution in [3.63, 3.8) is 0 Å². The monoisotopic (exact) mass is 244 g/mol. The van der Waals surface area contributed by atoms with Crippen molar-refractivity contribution in [2.75, 3.05) is 11.9 Å². The number of nitrogens with zero attached hydrogens (tertiary/aromatic N) is 2. The van der Waals surface area contributed by atoms with Crippen molar-refractivity contribution in [2.24, 2.45) is 5.92 Å². The van der Waals surface area contributed by atoms with Crippen LogP contribution in [0.25, 0.3) is 0 Å². The van der Waals surface area contributed by atoms with E-state index in [1.807, 2.05) is 11.9 Å². The number of halogens is 2. The van der Waals surface area contributed by atoms with Crippen LogP contribution in [0, 0.1) is 11.7 Å². The zero-order valence-electron chi connectivity index (χ0n) is 10.2. The number of hydrogen-bond acceptors (Lipinski definition) is 2. The Morgan fingerprint density at radius 3 is 2.56 bits per heavy atom. The third-order valence-corrected chi connectivity index (χ3v) is 3.25. The first-order valence-corrected chi connectivity index (χ1v) is 5.94. The Labute approximate surface area is 101 Å². The van der Waals surface area contributed by atoms with Crippen molar-refractivity contribution in [3.8, 4) is 0 Å². The van der Waals surface area contributed by atoms with Gasteiger partial charge in [-0.05, 0) is 18.9 Å². The Bertz CT molecular complexity index is 355. The van der Waals surface area contributed by atoms with Gasteiger partial charge in [0.05, 0.1) is 12.1 Å². The molecule has 0 saturated carbocycles. The summed E-state index contributed by atoms with van der Waals surface area (Å²) in [4.78, 5) is 6.16. The molecule has 1 atom stereocenters. The van der Waals surface area contributed by atoms with E-state index in [4.69, 9.17) is 11.6 Å². The maximum Gasteiger partial charge on any atom is 0.141 e. The average Bonchev–Trinajstić information content (AvgIpc) is 2.26. The van der Waals surface area contributed by atoms with E-state index in [2.05, 4.69) is 25.8 Å². The summed E-state index contributed by atoms with van der Waals surface area (Å²) in [5.41, 5.74) is 0.733. The smallest absolute Gasteiger partial charge is 0.141 e. The van der Waals surface area contributed by atoms with Crippen LogP contribution in [-0.4, -0.2) is 18.1 Å². The molecule has 0 aromatic carbocycles. The van der Waals surface area contributed by atoms with Gasteiger partial charge in [-0.15, -0.1) is 11.6 Å². The minimum atomic E-state index is -0.343. The van der Waals surface area contributed by atoms with Crippen LogP contribution in [0.3, 0.4) is 0 Å². The van der Waals surface area contributed by atoms with Crippen molar-refractivity contribution in [3.05, 3.63) is 23.6 Å². The van der Waals surface area contributed by atoms with Gasteiger partial charge in [-0.1, -0.05) is 13.8 Å². The number of anilines is 1. The molecule has 4 heteroatoms. The topological polar surface area (TPSA) is 16.1 Å². The molecule has 0 aliphatic heterocycles. The molecule has 0 aliphatic rings. The van der Waals surface area contributed by atoms with Gasteiger partial charge in [-0.25, -0.2) is 9.37 Å². The molecule has 2 nitrogen and oxygen atoms in total. The van der Waals surface area contributed by atoms with Gasteiger partial charge in [0, 0.05) is 18.7 Å². The molecule has 1 aromatic heterocycles. The normalized spacial score (nSPS) is 12.9. The minimum absolute atomic E-state index is 0.273. The largest absolute Gasteiger partial charge is 0.356 e. The lowest BCUT2D eigenvalue weighted by Gasteiger charge is -2.30. The van der Waals surface area contributed by atoms with Gasteiger partial charge < -0.3 is 4.90 Å². The standard InChI is InChI=1S/C12H18ClFN2/c1-8(2)9(3)16(4)12-10(6-13)5-11(14)7-15-12/h5,7-9H,6H2,1-4H3. The van der Waals surface area contributed by atoms with Gasteiger partial charge in [0.15, 0.2) is 0 Å². The van der Waals surface area contributed by atoms with Gasteiger partial charge in [0.25, 0.3) is 0 Å². The van der Waals surface area contributed by atoms with Crippen LogP contribution in [0.15, 0.2) is 12.3 Å². The van der Waals surface area contributed by atoms with Gasteiger partial charge >= 0.3 is 0 Å². The number of alkyl halides is 1. The fourth-order valence-electron chi connectivity index (χ4n) is 1.53. The Hall–Kier alpha value is -0.830. The average molecular weight is 245 g/mol. The Kier molecular flexibility index (Phi) is 4.54. The molecule has 16 heavy (non-hydrogen) atoms. The molecule has 90 valence electrons. The summed E-state index contributed by atoms with van der Waals surface area (Å²) >= 11 is 5.80. The van der Waals surface area contributed by atoms with E-state index in [-0.39, 0.29) is 11.7 Å². The summed E-state index contributed by atoms with van der Waals surface area (Å²) < 4.78 is 13.0. The third kappa shape index (κ3) is 2.85. The first-order chi connectivity index (χ1) is 7.47. The van der Waals surface area contributed by atoms with Gasteiger partial charge in [0.1, 0.15) is 11.6 Å². The van der Waals surface area contributed by atoms with Crippen LogP contribution in [0.5, 0.6) is 0 Å². The highest BCUT2D eigenvalue weighted by Crippen LogP contribution is 2.23. The van der Waals surface area contributed by atoms with Gasteiger partial charge in [-0.2, -0.15) is 0 Å². The lowest BCUT2D eigenvalue weighted by atomic mass is 10.0. The molecule has 0 aliphatic carbocycles. The molecule has 0 fully saturated rings. The quantitative estimate of drug-likeness (QED) is 0.755. The number of pyridine rings is 1. The van der Waals surface area contributed by atoms with Crippen LogP contribution in [0.2, 0.25) is 0 Å². The summed E-state index contributed by atoms with van der Waals surface area (Å²) in [7, 11) is 1.96. The van der Waals surface area contributed by atoms with Gasteiger partial charge in [0.2, 0.25) is 0 Å².